The van der Waals surface area contributed by atoms with Gasteiger partial charge in [-0.05, 0) is 55.9 Å². The topological polar surface area (TPSA) is 26.3 Å². The van der Waals surface area contributed by atoms with Gasteiger partial charge in [-0.15, -0.1) is 0 Å². The maximum absolute atomic E-state index is 12.1. The monoisotopic (exact) mass is 278 g/mol. The van der Waals surface area contributed by atoms with E-state index in [4.69, 9.17) is 16.3 Å². The molecule has 1 aromatic carbocycles. The number of esters is 1. The first-order valence-corrected chi connectivity index (χ1v) is 7.25. The fraction of sp³-hybridized carbons (Fsp3) is 0.438. The van der Waals surface area contributed by atoms with Crippen LogP contribution in [0.25, 0.3) is 5.57 Å². The molecule has 2 rings (SSSR count). The Morgan fingerprint density at radius 3 is 2.53 bits per heavy atom. The first kappa shape index (κ1) is 14.1. The highest BCUT2D eigenvalue weighted by atomic mass is 35.5. The lowest BCUT2D eigenvalue weighted by molar-refractivity contribution is -0.138. The third-order valence-electron chi connectivity index (χ3n) is 3.43. The molecule has 1 aliphatic carbocycles. The molecular formula is C16H19ClO2. The number of carbonyl (C=O) groups excluding carboxylic acids is 1. The molecule has 0 aromatic heterocycles. The Bertz CT molecular complexity index is 474. The fourth-order valence-corrected chi connectivity index (χ4v) is 2.62. The van der Waals surface area contributed by atoms with Gasteiger partial charge in [0.1, 0.15) is 0 Å². The van der Waals surface area contributed by atoms with E-state index in [1.54, 1.807) is 0 Å². The summed E-state index contributed by atoms with van der Waals surface area (Å²) in [6, 6.07) is 7.72. The molecule has 2 nitrogen and oxygen atoms in total. The number of hydrogen-bond acceptors (Lipinski definition) is 2. The number of allylic oxidation sites excluding steroid dienone is 1. The van der Waals surface area contributed by atoms with Crippen molar-refractivity contribution in [3.8, 4) is 0 Å². The van der Waals surface area contributed by atoms with Crippen LogP contribution in [-0.4, -0.2) is 12.6 Å². The van der Waals surface area contributed by atoms with Gasteiger partial charge in [-0.25, -0.2) is 4.79 Å². The second-order valence-corrected chi connectivity index (χ2v) is 5.18. The molecule has 1 aromatic rings. The van der Waals surface area contributed by atoms with Crippen molar-refractivity contribution >= 4 is 23.1 Å². The van der Waals surface area contributed by atoms with Crippen molar-refractivity contribution in [3.05, 3.63) is 40.4 Å². The maximum Gasteiger partial charge on any atom is 0.334 e. The summed E-state index contributed by atoms with van der Waals surface area (Å²) < 4.78 is 5.19. The summed E-state index contributed by atoms with van der Waals surface area (Å²) in [4.78, 5) is 12.1. The molecule has 0 bridgehead atoms. The Morgan fingerprint density at radius 2 is 1.84 bits per heavy atom. The van der Waals surface area contributed by atoms with Gasteiger partial charge in [0.05, 0.1) is 6.61 Å². The van der Waals surface area contributed by atoms with Gasteiger partial charge in [0, 0.05) is 10.6 Å². The molecule has 0 saturated carbocycles. The summed E-state index contributed by atoms with van der Waals surface area (Å²) in [5, 5.41) is 0.718. The van der Waals surface area contributed by atoms with Gasteiger partial charge in [-0.2, -0.15) is 0 Å². The molecule has 0 atom stereocenters. The minimum atomic E-state index is -0.158. The van der Waals surface area contributed by atoms with E-state index >= 15 is 0 Å². The van der Waals surface area contributed by atoms with Crippen LogP contribution in [0, 0.1) is 0 Å². The van der Waals surface area contributed by atoms with Crippen LogP contribution in [0.4, 0.5) is 0 Å². The smallest absolute Gasteiger partial charge is 0.334 e. The van der Waals surface area contributed by atoms with Crippen molar-refractivity contribution in [2.45, 2.75) is 39.0 Å². The van der Waals surface area contributed by atoms with Crippen LogP contribution in [0.2, 0.25) is 5.02 Å². The third kappa shape index (κ3) is 3.60. The number of carbonyl (C=O) groups is 1. The van der Waals surface area contributed by atoms with Crippen LogP contribution >= 0.6 is 11.6 Å². The Hall–Kier alpha value is -1.28. The summed E-state index contributed by atoms with van der Waals surface area (Å²) in [5.41, 5.74) is 3.07. The fourth-order valence-electron chi connectivity index (χ4n) is 2.50. The minimum Gasteiger partial charge on any atom is -0.463 e. The van der Waals surface area contributed by atoms with Crippen molar-refractivity contribution in [3.63, 3.8) is 0 Å². The average molecular weight is 279 g/mol. The number of halogens is 1. The van der Waals surface area contributed by atoms with Crippen molar-refractivity contribution in [1.29, 1.82) is 0 Å². The van der Waals surface area contributed by atoms with Crippen molar-refractivity contribution in [2.24, 2.45) is 0 Å². The lowest BCUT2D eigenvalue weighted by atomic mass is 9.96. The molecule has 0 amide bonds. The number of ether oxygens (including phenoxy) is 1. The van der Waals surface area contributed by atoms with Gasteiger partial charge in [-0.3, -0.25) is 0 Å². The normalized spacial score (nSPS) is 16.1. The summed E-state index contributed by atoms with van der Waals surface area (Å²) >= 11 is 5.92. The van der Waals surface area contributed by atoms with Crippen molar-refractivity contribution in [1.82, 2.24) is 0 Å². The molecule has 0 N–H and O–H groups in total. The zero-order valence-corrected chi connectivity index (χ0v) is 12.0. The quantitative estimate of drug-likeness (QED) is 0.754. The molecule has 1 aliphatic rings. The molecule has 0 saturated heterocycles. The molecule has 0 radical (unpaired) electrons. The second kappa shape index (κ2) is 6.76. The van der Waals surface area contributed by atoms with E-state index in [9.17, 15) is 4.79 Å². The van der Waals surface area contributed by atoms with E-state index in [2.05, 4.69) is 0 Å². The van der Waals surface area contributed by atoms with Crippen LogP contribution in [0.1, 0.15) is 44.6 Å². The van der Waals surface area contributed by atoms with E-state index in [0.29, 0.717) is 6.61 Å². The summed E-state index contributed by atoms with van der Waals surface area (Å²) in [7, 11) is 0. The van der Waals surface area contributed by atoms with Crippen LogP contribution in [-0.2, 0) is 9.53 Å². The lowest BCUT2D eigenvalue weighted by Crippen LogP contribution is -2.09. The SMILES string of the molecule is CCOC(=O)C1=C(c2ccc(Cl)cc2)CCCCC1. The van der Waals surface area contributed by atoms with Crippen molar-refractivity contribution in [2.75, 3.05) is 6.61 Å². The molecule has 3 heteroatoms. The first-order valence-electron chi connectivity index (χ1n) is 6.87. The van der Waals surface area contributed by atoms with Crippen LogP contribution < -0.4 is 0 Å². The highest BCUT2D eigenvalue weighted by Gasteiger charge is 2.19. The van der Waals surface area contributed by atoms with E-state index in [0.717, 1.165) is 47.4 Å². The minimum absolute atomic E-state index is 0.158. The number of benzene rings is 1. The van der Waals surface area contributed by atoms with E-state index in [1.807, 2.05) is 31.2 Å². The molecule has 102 valence electrons. The molecule has 0 heterocycles. The molecule has 19 heavy (non-hydrogen) atoms. The third-order valence-corrected chi connectivity index (χ3v) is 3.68. The standard InChI is InChI=1S/C16H19ClO2/c1-2-19-16(18)15-7-5-3-4-6-14(15)12-8-10-13(17)11-9-12/h8-11H,2-7H2,1H3. The Balaban J connectivity index is 2.38. The van der Waals surface area contributed by atoms with Gasteiger partial charge in [0.15, 0.2) is 0 Å². The predicted molar refractivity (Wildman–Crippen MR) is 78.1 cm³/mol. The highest BCUT2D eigenvalue weighted by Crippen LogP contribution is 2.32. The van der Waals surface area contributed by atoms with Gasteiger partial charge >= 0.3 is 5.97 Å². The molecular weight excluding hydrogens is 260 g/mol. The van der Waals surface area contributed by atoms with Crippen LogP contribution in [0.5, 0.6) is 0 Å². The Morgan fingerprint density at radius 1 is 1.16 bits per heavy atom. The zero-order chi connectivity index (χ0) is 13.7. The van der Waals surface area contributed by atoms with E-state index < -0.39 is 0 Å². The summed E-state index contributed by atoms with van der Waals surface area (Å²) in [6.07, 6.45) is 5.11. The van der Waals surface area contributed by atoms with Crippen LogP contribution in [0.3, 0.4) is 0 Å². The largest absolute Gasteiger partial charge is 0.463 e. The Kier molecular flexibility index (Phi) is 5.03. The lowest BCUT2D eigenvalue weighted by Gasteiger charge is -2.12. The first-order chi connectivity index (χ1) is 9.22. The van der Waals surface area contributed by atoms with Crippen molar-refractivity contribution < 1.29 is 9.53 Å². The highest BCUT2D eigenvalue weighted by molar-refractivity contribution is 6.30. The number of hydrogen-bond donors (Lipinski definition) is 0. The maximum atomic E-state index is 12.1. The predicted octanol–water partition coefficient (Wildman–Crippen LogP) is 4.62. The average Bonchev–Trinajstić information content (AvgIpc) is 2.65. The van der Waals surface area contributed by atoms with Gasteiger partial charge in [0.2, 0.25) is 0 Å². The molecule has 0 spiro atoms. The van der Waals surface area contributed by atoms with Gasteiger partial charge in [0.25, 0.3) is 0 Å². The summed E-state index contributed by atoms with van der Waals surface area (Å²) in [5.74, 6) is -0.158. The second-order valence-electron chi connectivity index (χ2n) is 4.75. The Labute approximate surface area is 119 Å². The van der Waals surface area contributed by atoms with Crippen LogP contribution in [0.15, 0.2) is 29.8 Å². The zero-order valence-electron chi connectivity index (χ0n) is 11.2. The molecule has 0 fully saturated rings. The van der Waals surface area contributed by atoms with Gasteiger partial charge in [-0.1, -0.05) is 30.2 Å². The summed E-state index contributed by atoms with van der Waals surface area (Å²) in [6.45, 7) is 2.27. The molecule has 0 aliphatic heterocycles. The van der Waals surface area contributed by atoms with Gasteiger partial charge < -0.3 is 4.74 Å². The van der Waals surface area contributed by atoms with E-state index in [-0.39, 0.29) is 5.97 Å². The van der Waals surface area contributed by atoms with E-state index in [1.165, 1.54) is 6.42 Å². The molecule has 0 unspecified atom stereocenters. The number of rotatable bonds is 3.